The Morgan fingerprint density at radius 2 is 1.90 bits per heavy atom. The summed E-state index contributed by atoms with van der Waals surface area (Å²) in [5.41, 5.74) is 6.71. The smallest absolute Gasteiger partial charge is 0.239 e. The van der Waals surface area contributed by atoms with Gasteiger partial charge in [-0.05, 0) is 30.0 Å². The summed E-state index contributed by atoms with van der Waals surface area (Å²) in [6, 6.07) is 3.04. The van der Waals surface area contributed by atoms with Gasteiger partial charge < -0.3 is 16.4 Å². The number of hydrogen-bond acceptors (Lipinski definition) is 4. The van der Waals surface area contributed by atoms with Gasteiger partial charge in [0, 0.05) is 12.4 Å². The van der Waals surface area contributed by atoms with Crippen LogP contribution >= 0.6 is 0 Å². The summed E-state index contributed by atoms with van der Waals surface area (Å²) in [6.45, 7) is 5.64. The van der Waals surface area contributed by atoms with Crippen molar-refractivity contribution in [2.24, 2.45) is 11.7 Å². The van der Waals surface area contributed by atoms with Gasteiger partial charge in [-0.25, -0.2) is 0 Å². The van der Waals surface area contributed by atoms with Crippen molar-refractivity contribution in [3.05, 3.63) is 30.1 Å². The van der Waals surface area contributed by atoms with Gasteiger partial charge in [-0.15, -0.1) is 0 Å². The van der Waals surface area contributed by atoms with Crippen LogP contribution in [0.3, 0.4) is 0 Å². The van der Waals surface area contributed by atoms with Crippen LogP contribution in [0.2, 0.25) is 0 Å². The molecular weight excluding hydrogens is 268 g/mol. The molecule has 4 N–H and O–H groups in total. The van der Waals surface area contributed by atoms with Crippen LogP contribution in [0.5, 0.6) is 0 Å². The third-order valence-electron chi connectivity index (χ3n) is 3.30. The quantitative estimate of drug-likeness (QED) is 0.691. The summed E-state index contributed by atoms with van der Waals surface area (Å²) in [6.07, 6.45) is 4.14. The number of nitrogens with one attached hydrogen (secondary N) is 2. The zero-order chi connectivity index (χ0) is 15.8. The molecule has 0 aliphatic heterocycles. The van der Waals surface area contributed by atoms with Gasteiger partial charge in [-0.1, -0.05) is 20.8 Å². The lowest BCUT2D eigenvalue weighted by molar-refractivity contribution is -0.127. The Morgan fingerprint density at radius 3 is 2.43 bits per heavy atom. The van der Waals surface area contributed by atoms with Crippen LogP contribution in [0.4, 0.5) is 0 Å². The van der Waals surface area contributed by atoms with E-state index in [1.54, 1.807) is 12.4 Å². The van der Waals surface area contributed by atoms with E-state index in [0.29, 0.717) is 0 Å². The third kappa shape index (κ3) is 5.51. The Kier molecular flexibility index (Phi) is 6.81. The highest BCUT2D eigenvalue weighted by atomic mass is 16.2. The van der Waals surface area contributed by atoms with Gasteiger partial charge in [0.2, 0.25) is 11.8 Å². The van der Waals surface area contributed by atoms with E-state index in [4.69, 9.17) is 5.73 Å². The lowest BCUT2D eigenvalue weighted by Gasteiger charge is -2.19. The first-order chi connectivity index (χ1) is 9.95. The molecule has 0 saturated heterocycles. The van der Waals surface area contributed by atoms with Crippen molar-refractivity contribution >= 4 is 11.8 Å². The number of carbonyl (C=O) groups excluding carboxylic acids is 2. The molecule has 2 amide bonds. The van der Waals surface area contributed by atoms with Crippen LogP contribution < -0.4 is 16.4 Å². The van der Waals surface area contributed by atoms with E-state index in [1.807, 2.05) is 32.9 Å². The van der Waals surface area contributed by atoms with Crippen LogP contribution in [0.1, 0.15) is 38.8 Å². The number of hydrogen-bond donors (Lipinski definition) is 3. The molecule has 0 saturated carbocycles. The Balaban J connectivity index is 2.47. The summed E-state index contributed by atoms with van der Waals surface area (Å²) in [5.74, 6) is -0.506. The Morgan fingerprint density at radius 1 is 1.29 bits per heavy atom. The highest BCUT2D eigenvalue weighted by Gasteiger charge is 2.18. The summed E-state index contributed by atoms with van der Waals surface area (Å²) in [7, 11) is 0. The maximum absolute atomic E-state index is 11.9. The summed E-state index contributed by atoms with van der Waals surface area (Å²) in [5, 5.41) is 5.44. The molecule has 6 nitrogen and oxygen atoms in total. The van der Waals surface area contributed by atoms with E-state index in [9.17, 15) is 9.59 Å². The number of aromatic nitrogens is 1. The molecule has 2 atom stereocenters. The van der Waals surface area contributed by atoms with Crippen LogP contribution in [-0.2, 0) is 9.59 Å². The van der Waals surface area contributed by atoms with Crippen molar-refractivity contribution in [3.63, 3.8) is 0 Å². The van der Waals surface area contributed by atoms with E-state index >= 15 is 0 Å². The van der Waals surface area contributed by atoms with Gasteiger partial charge in [0.25, 0.3) is 0 Å². The minimum Gasteiger partial charge on any atom is -0.348 e. The molecule has 0 radical (unpaired) electrons. The van der Waals surface area contributed by atoms with Crippen LogP contribution in [0.25, 0.3) is 0 Å². The second-order valence-electron chi connectivity index (χ2n) is 5.30. The topological polar surface area (TPSA) is 97.1 Å². The molecule has 1 rings (SSSR count). The van der Waals surface area contributed by atoms with Gasteiger partial charge in [0.05, 0.1) is 18.6 Å². The fourth-order valence-electron chi connectivity index (χ4n) is 1.85. The van der Waals surface area contributed by atoms with Crippen LogP contribution in [-0.4, -0.2) is 29.4 Å². The molecule has 0 aliphatic rings. The molecule has 21 heavy (non-hydrogen) atoms. The highest BCUT2D eigenvalue weighted by Crippen LogP contribution is 2.14. The van der Waals surface area contributed by atoms with Gasteiger partial charge in [0.15, 0.2) is 0 Å². The summed E-state index contributed by atoms with van der Waals surface area (Å²) >= 11 is 0. The molecular formula is C15H24N4O2. The highest BCUT2D eigenvalue weighted by molar-refractivity contribution is 5.87. The second-order valence-corrected chi connectivity index (χ2v) is 5.30. The zero-order valence-corrected chi connectivity index (χ0v) is 12.8. The van der Waals surface area contributed by atoms with Crippen LogP contribution in [0.15, 0.2) is 24.5 Å². The molecule has 0 aliphatic carbocycles. The standard InChI is InChI=1S/C15H24N4O2/c1-4-12(11-5-7-17-8-6-11)19-13(20)9-18-15(21)14(16)10(2)3/h5-8,10,12,14H,4,9,16H2,1-3H3,(H,18,21)(H,19,20)/t12?,14-/m0/s1. The van der Waals surface area contributed by atoms with Crippen molar-refractivity contribution in [2.75, 3.05) is 6.54 Å². The number of nitrogens with two attached hydrogens (primary N) is 1. The first-order valence-corrected chi connectivity index (χ1v) is 7.18. The van der Waals surface area contributed by atoms with E-state index < -0.39 is 6.04 Å². The predicted molar refractivity (Wildman–Crippen MR) is 81.2 cm³/mol. The molecule has 0 aromatic carbocycles. The number of pyridine rings is 1. The van der Waals surface area contributed by atoms with Crippen molar-refractivity contribution in [1.82, 2.24) is 15.6 Å². The first kappa shape index (κ1) is 17.1. The predicted octanol–water partition coefficient (Wildman–Crippen LogP) is 0.748. The lowest BCUT2D eigenvalue weighted by Crippen LogP contribution is -2.47. The molecule has 1 aromatic heterocycles. The summed E-state index contributed by atoms with van der Waals surface area (Å²) in [4.78, 5) is 27.5. The van der Waals surface area contributed by atoms with Crippen molar-refractivity contribution in [1.29, 1.82) is 0 Å². The number of carbonyl (C=O) groups is 2. The molecule has 6 heteroatoms. The SMILES string of the molecule is CCC(NC(=O)CNC(=O)[C@@H](N)C(C)C)c1ccncc1. The minimum atomic E-state index is -0.597. The lowest BCUT2D eigenvalue weighted by atomic mass is 10.1. The van der Waals surface area contributed by atoms with Crippen molar-refractivity contribution in [2.45, 2.75) is 39.3 Å². The fourth-order valence-corrected chi connectivity index (χ4v) is 1.85. The number of nitrogens with zero attached hydrogens (tertiary/aromatic N) is 1. The molecule has 116 valence electrons. The maximum Gasteiger partial charge on any atom is 0.239 e. The van der Waals surface area contributed by atoms with Gasteiger partial charge in [0.1, 0.15) is 0 Å². The summed E-state index contributed by atoms with van der Waals surface area (Å²) < 4.78 is 0. The van der Waals surface area contributed by atoms with E-state index in [0.717, 1.165) is 12.0 Å². The molecule has 0 fully saturated rings. The molecule has 0 bridgehead atoms. The van der Waals surface area contributed by atoms with Crippen LogP contribution in [0, 0.1) is 5.92 Å². The van der Waals surface area contributed by atoms with Gasteiger partial charge in [-0.3, -0.25) is 14.6 Å². The normalized spacial score (nSPS) is 13.6. The number of amides is 2. The third-order valence-corrected chi connectivity index (χ3v) is 3.30. The fraction of sp³-hybridized carbons (Fsp3) is 0.533. The first-order valence-electron chi connectivity index (χ1n) is 7.18. The molecule has 1 aromatic rings. The van der Waals surface area contributed by atoms with Crippen molar-refractivity contribution < 1.29 is 9.59 Å². The van der Waals surface area contributed by atoms with Crippen molar-refractivity contribution in [3.8, 4) is 0 Å². The average molecular weight is 292 g/mol. The Labute approximate surface area is 125 Å². The Hall–Kier alpha value is -1.95. The maximum atomic E-state index is 11.9. The van der Waals surface area contributed by atoms with E-state index in [1.165, 1.54) is 0 Å². The average Bonchev–Trinajstić information content (AvgIpc) is 2.50. The zero-order valence-electron chi connectivity index (χ0n) is 12.8. The van der Waals surface area contributed by atoms with E-state index in [-0.39, 0.29) is 30.3 Å². The van der Waals surface area contributed by atoms with E-state index in [2.05, 4.69) is 15.6 Å². The largest absolute Gasteiger partial charge is 0.348 e. The minimum absolute atomic E-state index is 0.0354. The molecule has 1 unspecified atom stereocenters. The number of rotatable bonds is 7. The Bertz CT molecular complexity index is 462. The van der Waals surface area contributed by atoms with Gasteiger partial charge >= 0.3 is 0 Å². The monoisotopic (exact) mass is 292 g/mol. The second kappa shape index (κ2) is 8.36. The molecule has 0 spiro atoms. The van der Waals surface area contributed by atoms with Gasteiger partial charge in [-0.2, -0.15) is 0 Å². The molecule has 1 heterocycles.